The van der Waals surface area contributed by atoms with Gasteiger partial charge in [-0.25, -0.2) is 4.39 Å². The van der Waals surface area contributed by atoms with Crippen LogP contribution >= 0.6 is 23.2 Å². The largest absolute Gasteiger partial charge is 0.352 e. The smallest absolute Gasteiger partial charge is 0.223 e. The second-order valence-corrected chi connectivity index (χ2v) is 8.53. The van der Waals surface area contributed by atoms with E-state index in [0.29, 0.717) is 16.5 Å². The molecule has 138 valence electrons. The van der Waals surface area contributed by atoms with E-state index in [9.17, 15) is 9.18 Å². The van der Waals surface area contributed by atoms with Gasteiger partial charge >= 0.3 is 0 Å². The maximum Gasteiger partial charge on any atom is 0.223 e. The van der Waals surface area contributed by atoms with Crippen molar-refractivity contribution in [1.29, 1.82) is 0 Å². The molecule has 0 unspecified atom stereocenters. The third-order valence-electron chi connectivity index (χ3n) is 5.43. The highest BCUT2D eigenvalue weighted by atomic mass is 35.5. The van der Waals surface area contributed by atoms with Gasteiger partial charge in [0.25, 0.3) is 0 Å². The Hall–Kier alpha value is -1.58. The molecule has 0 aromatic heterocycles. The maximum absolute atomic E-state index is 14.0. The highest BCUT2D eigenvalue weighted by Gasteiger charge is 2.43. The first kappa shape index (κ1) is 19.2. The van der Waals surface area contributed by atoms with Gasteiger partial charge in [0.2, 0.25) is 5.91 Å². The van der Waals surface area contributed by atoms with Crippen LogP contribution in [0.3, 0.4) is 0 Å². The molecular weight excluding hydrogens is 372 g/mol. The van der Waals surface area contributed by atoms with Crippen LogP contribution in [0, 0.1) is 11.7 Å². The van der Waals surface area contributed by atoms with Crippen molar-refractivity contribution in [3.05, 3.63) is 69.5 Å². The summed E-state index contributed by atoms with van der Waals surface area (Å²) in [7, 11) is 0. The first-order chi connectivity index (χ1) is 12.2. The zero-order chi connectivity index (χ0) is 19.1. The monoisotopic (exact) mass is 393 g/mol. The number of amides is 1. The molecule has 5 heteroatoms. The zero-order valence-electron chi connectivity index (χ0n) is 15.0. The SMILES string of the molecule is C[C@@H]1C[C@H](c2cc(F)cc(Cl)c2)[C@@H](C(C)(C)c2ccc(Cl)cc2)NC1=O. The lowest BCUT2D eigenvalue weighted by atomic mass is 9.67. The molecule has 3 rings (SSSR count). The van der Waals surface area contributed by atoms with Crippen molar-refractivity contribution >= 4 is 29.1 Å². The molecule has 1 amide bonds. The molecule has 2 aromatic rings. The van der Waals surface area contributed by atoms with Crippen LogP contribution in [0.2, 0.25) is 10.0 Å². The molecule has 0 radical (unpaired) electrons. The van der Waals surface area contributed by atoms with E-state index in [1.54, 1.807) is 6.07 Å². The number of piperidine rings is 1. The van der Waals surface area contributed by atoms with Gasteiger partial charge in [-0.1, -0.05) is 56.1 Å². The predicted octanol–water partition coefficient (Wildman–Crippen LogP) is 5.72. The molecule has 1 saturated heterocycles. The van der Waals surface area contributed by atoms with Gasteiger partial charge in [0.15, 0.2) is 0 Å². The fourth-order valence-corrected chi connectivity index (χ4v) is 4.24. The summed E-state index contributed by atoms with van der Waals surface area (Å²) >= 11 is 12.1. The summed E-state index contributed by atoms with van der Waals surface area (Å²) in [6.45, 7) is 6.07. The third kappa shape index (κ3) is 3.74. The standard InChI is InChI=1S/C21H22Cl2FNO/c1-12-8-18(13-9-16(23)11-17(24)10-13)19(25-20(12)26)21(2,3)14-4-6-15(22)7-5-14/h4-7,9-12,18-19H,8H2,1-3H3,(H,25,26)/t12-,18-,19+/m1/s1. The van der Waals surface area contributed by atoms with E-state index in [1.807, 2.05) is 31.2 Å². The van der Waals surface area contributed by atoms with Crippen LogP contribution in [0.25, 0.3) is 0 Å². The Bertz CT molecular complexity index is 799. The average Bonchev–Trinajstić information content (AvgIpc) is 2.56. The lowest BCUT2D eigenvalue weighted by Gasteiger charge is -2.45. The molecule has 26 heavy (non-hydrogen) atoms. The maximum atomic E-state index is 14.0. The molecule has 2 nitrogen and oxygen atoms in total. The zero-order valence-corrected chi connectivity index (χ0v) is 16.5. The van der Waals surface area contributed by atoms with Gasteiger partial charge in [-0.3, -0.25) is 4.79 Å². The average molecular weight is 394 g/mol. The summed E-state index contributed by atoms with van der Waals surface area (Å²) in [6, 6.07) is 12.1. The molecule has 0 bridgehead atoms. The third-order valence-corrected chi connectivity index (χ3v) is 5.90. The van der Waals surface area contributed by atoms with Gasteiger partial charge < -0.3 is 5.32 Å². The van der Waals surface area contributed by atoms with Gasteiger partial charge in [0.1, 0.15) is 5.82 Å². The van der Waals surface area contributed by atoms with E-state index in [4.69, 9.17) is 23.2 Å². The van der Waals surface area contributed by atoms with Crippen molar-refractivity contribution in [3.8, 4) is 0 Å². The second kappa shape index (κ2) is 7.21. The number of halogens is 3. The summed E-state index contributed by atoms with van der Waals surface area (Å²) in [6.07, 6.45) is 0.646. The van der Waals surface area contributed by atoms with Crippen LogP contribution < -0.4 is 5.32 Å². The predicted molar refractivity (Wildman–Crippen MR) is 104 cm³/mol. The number of hydrogen-bond acceptors (Lipinski definition) is 1. The van der Waals surface area contributed by atoms with Crippen LogP contribution in [0.4, 0.5) is 4.39 Å². The van der Waals surface area contributed by atoms with Crippen LogP contribution in [0.15, 0.2) is 42.5 Å². The van der Waals surface area contributed by atoms with E-state index in [0.717, 1.165) is 11.1 Å². The molecule has 3 atom stereocenters. The quantitative estimate of drug-likeness (QED) is 0.709. The Balaban J connectivity index is 2.05. The number of hydrogen-bond donors (Lipinski definition) is 1. The normalized spacial score (nSPS) is 23.6. The summed E-state index contributed by atoms with van der Waals surface area (Å²) in [5, 5.41) is 4.20. The fourth-order valence-electron chi connectivity index (χ4n) is 3.88. The molecular formula is C21H22Cl2FNO. The van der Waals surface area contributed by atoms with Crippen LogP contribution in [0.1, 0.15) is 44.2 Å². The van der Waals surface area contributed by atoms with Gasteiger partial charge in [-0.2, -0.15) is 0 Å². The first-order valence-electron chi connectivity index (χ1n) is 8.71. The summed E-state index contributed by atoms with van der Waals surface area (Å²) < 4.78 is 14.0. The number of rotatable bonds is 3. The first-order valence-corrected chi connectivity index (χ1v) is 9.46. The van der Waals surface area contributed by atoms with E-state index < -0.39 is 0 Å². The molecule has 0 aliphatic carbocycles. The number of nitrogens with one attached hydrogen (secondary N) is 1. The Kier molecular flexibility index (Phi) is 5.32. The van der Waals surface area contributed by atoms with E-state index in [1.165, 1.54) is 12.1 Å². The molecule has 1 aliphatic rings. The Morgan fingerprint density at radius 1 is 1.08 bits per heavy atom. The summed E-state index contributed by atoms with van der Waals surface area (Å²) in [5.74, 6) is -0.517. The Labute approximate surface area is 163 Å². The van der Waals surface area contributed by atoms with Crippen molar-refractivity contribution in [2.24, 2.45) is 5.92 Å². The minimum atomic E-state index is -0.371. The van der Waals surface area contributed by atoms with Crippen LogP contribution in [-0.2, 0) is 10.2 Å². The molecule has 1 aliphatic heterocycles. The Morgan fingerprint density at radius 2 is 1.73 bits per heavy atom. The highest BCUT2D eigenvalue weighted by molar-refractivity contribution is 6.30. The van der Waals surface area contributed by atoms with Crippen molar-refractivity contribution in [1.82, 2.24) is 5.32 Å². The second-order valence-electron chi connectivity index (χ2n) is 7.66. The van der Waals surface area contributed by atoms with Gasteiger partial charge in [0, 0.05) is 33.3 Å². The lowest BCUT2D eigenvalue weighted by Crippen LogP contribution is -2.56. The molecule has 1 heterocycles. The van der Waals surface area contributed by atoms with Crippen molar-refractivity contribution in [2.75, 3.05) is 0 Å². The summed E-state index contributed by atoms with van der Waals surface area (Å²) in [5.41, 5.74) is 1.51. The van der Waals surface area contributed by atoms with E-state index >= 15 is 0 Å². The topological polar surface area (TPSA) is 29.1 Å². The summed E-state index contributed by atoms with van der Waals surface area (Å²) in [4.78, 5) is 12.4. The molecule has 0 spiro atoms. The molecule has 1 fully saturated rings. The number of benzene rings is 2. The van der Waals surface area contributed by atoms with Gasteiger partial charge in [-0.05, 0) is 47.9 Å². The molecule has 0 saturated carbocycles. The molecule has 1 N–H and O–H groups in total. The fraction of sp³-hybridized carbons (Fsp3) is 0.381. The lowest BCUT2D eigenvalue weighted by molar-refractivity contribution is -0.128. The van der Waals surface area contributed by atoms with E-state index in [2.05, 4.69) is 19.2 Å². The van der Waals surface area contributed by atoms with Crippen molar-refractivity contribution < 1.29 is 9.18 Å². The molecule has 2 aromatic carbocycles. The van der Waals surface area contributed by atoms with Crippen molar-refractivity contribution in [3.63, 3.8) is 0 Å². The van der Waals surface area contributed by atoms with Crippen LogP contribution in [0.5, 0.6) is 0 Å². The van der Waals surface area contributed by atoms with Gasteiger partial charge in [0.05, 0.1) is 0 Å². The Morgan fingerprint density at radius 3 is 2.35 bits per heavy atom. The highest BCUT2D eigenvalue weighted by Crippen LogP contribution is 2.42. The minimum absolute atomic E-state index is 0.0239. The van der Waals surface area contributed by atoms with Crippen LogP contribution in [-0.4, -0.2) is 11.9 Å². The van der Waals surface area contributed by atoms with Gasteiger partial charge in [-0.15, -0.1) is 0 Å². The van der Waals surface area contributed by atoms with Crippen molar-refractivity contribution in [2.45, 2.75) is 44.6 Å². The minimum Gasteiger partial charge on any atom is -0.352 e. The van der Waals surface area contributed by atoms with E-state index in [-0.39, 0.29) is 35.0 Å². The number of carbonyl (C=O) groups excluding carboxylic acids is 1. The number of carbonyl (C=O) groups is 1.